The molecule has 1 heterocycles. The molecule has 0 radical (unpaired) electrons. The fraction of sp³-hybridized carbons (Fsp3) is 0.318. The minimum Gasteiger partial charge on any atom is -0.465 e. The Morgan fingerprint density at radius 3 is 2.61 bits per heavy atom. The van der Waals surface area contributed by atoms with Crippen LogP contribution in [0.1, 0.15) is 29.8 Å². The van der Waals surface area contributed by atoms with E-state index in [-0.39, 0.29) is 5.56 Å². The van der Waals surface area contributed by atoms with E-state index in [9.17, 15) is 9.59 Å². The van der Waals surface area contributed by atoms with Crippen LogP contribution in [0.15, 0.2) is 58.5 Å². The zero-order chi connectivity index (χ0) is 20.1. The van der Waals surface area contributed by atoms with Crippen LogP contribution in [0.3, 0.4) is 0 Å². The average molecular weight is 397 g/mol. The second-order valence-corrected chi connectivity index (χ2v) is 8.00. The van der Waals surface area contributed by atoms with Gasteiger partial charge in [0.1, 0.15) is 0 Å². The molecular weight excluding hydrogens is 372 g/mol. The van der Waals surface area contributed by atoms with Crippen LogP contribution >= 0.6 is 11.8 Å². The van der Waals surface area contributed by atoms with Crippen LogP contribution < -0.4 is 5.56 Å². The summed E-state index contributed by atoms with van der Waals surface area (Å²) in [6, 6.07) is 15.0. The van der Waals surface area contributed by atoms with Gasteiger partial charge in [0, 0.05) is 12.3 Å². The normalized spacial score (nSPS) is 11.1. The van der Waals surface area contributed by atoms with Crippen molar-refractivity contribution in [2.45, 2.75) is 32.0 Å². The summed E-state index contributed by atoms with van der Waals surface area (Å²) in [5.41, 5.74) is 2.01. The number of esters is 1. The molecule has 0 amide bonds. The van der Waals surface area contributed by atoms with E-state index in [1.807, 2.05) is 18.2 Å². The Hall–Kier alpha value is -2.60. The largest absolute Gasteiger partial charge is 0.465 e. The van der Waals surface area contributed by atoms with Gasteiger partial charge < -0.3 is 4.74 Å². The minimum atomic E-state index is -0.437. The lowest BCUT2D eigenvalue weighted by atomic mass is 10.1. The summed E-state index contributed by atoms with van der Waals surface area (Å²) in [4.78, 5) is 29.7. The number of aryl methyl sites for hydroxylation is 1. The van der Waals surface area contributed by atoms with Crippen LogP contribution in [0.25, 0.3) is 10.9 Å². The third-order valence-corrected chi connectivity index (χ3v) is 5.76. The fourth-order valence-electron chi connectivity index (χ4n) is 2.88. The van der Waals surface area contributed by atoms with Gasteiger partial charge in [0.2, 0.25) is 0 Å². The van der Waals surface area contributed by atoms with Gasteiger partial charge in [-0.3, -0.25) is 9.36 Å². The first kappa shape index (κ1) is 20.1. The molecule has 1 aromatic heterocycles. The molecule has 0 saturated heterocycles. The number of carbonyl (C=O) groups excluding carboxylic acids is 1. The van der Waals surface area contributed by atoms with Crippen molar-refractivity contribution >= 4 is 28.6 Å². The SMILES string of the molecule is COC(=O)c1ccc2c(=O)n(CCc3ccccc3)c(SCC(C)C)nc2c1. The summed E-state index contributed by atoms with van der Waals surface area (Å²) in [5, 5.41) is 1.19. The van der Waals surface area contributed by atoms with Gasteiger partial charge >= 0.3 is 5.97 Å². The number of aromatic nitrogens is 2. The third kappa shape index (κ3) is 4.62. The number of fused-ring (bicyclic) bond motifs is 1. The number of thioether (sulfide) groups is 1. The number of nitrogens with zero attached hydrogens (tertiary/aromatic N) is 2. The summed E-state index contributed by atoms with van der Waals surface area (Å²) < 4.78 is 6.53. The molecule has 0 aliphatic carbocycles. The maximum absolute atomic E-state index is 13.2. The maximum Gasteiger partial charge on any atom is 0.337 e. The van der Waals surface area contributed by atoms with E-state index in [1.54, 1.807) is 34.5 Å². The summed E-state index contributed by atoms with van der Waals surface area (Å²) in [7, 11) is 1.34. The van der Waals surface area contributed by atoms with Gasteiger partial charge in [-0.25, -0.2) is 9.78 Å². The van der Waals surface area contributed by atoms with Gasteiger partial charge in [0.05, 0.1) is 23.6 Å². The Morgan fingerprint density at radius 1 is 1.18 bits per heavy atom. The Kier molecular flexibility index (Phi) is 6.52. The second-order valence-electron chi connectivity index (χ2n) is 7.02. The zero-order valence-corrected chi connectivity index (χ0v) is 17.2. The Balaban J connectivity index is 2.03. The van der Waals surface area contributed by atoms with Crippen LogP contribution in [-0.4, -0.2) is 28.4 Å². The first-order chi connectivity index (χ1) is 13.5. The highest BCUT2D eigenvalue weighted by Gasteiger charge is 2.15. The van der Waals surface area contributed by atoms with Crippen LogP contribution in [-0.2, 0) is 17.7 Å². The third-order valence-electron chi connectivity index (χ3n) is 4.35. The summed E-state index contributed by atoms with van der Waals surface area (Å²) >= 11 is 1.57. The van der Waals surface area contributed by atoms with Gasteiger partial charge in [-0.2, -0.15) is 0 Å². The number of methoxy groups -OCH3 is 1. The fourth-order valence-corrected chi connectivity index (χ4v) is 3.85. The maximum atomic E-state index is 13.2. The lowest BCUT2D eigenvalue weighted by Crippen LogP contribution is -2.25. The molecule has 0 N–H and O–H groups in total. The van der Waals surface area contributed by atoms with Crippen molar-refractivity contribution in [3.05, 3.63) is 70.0 Å². The van der Waals surface area contributed by atoms with Crippen LogP contribution in [0.4, 0.5) is 0 Å². The van der Waals surface area contributed by atoms with Crippen molar-refractivity contribution in [3.8, 4) is 0 Å². The van der Waals surface area contributed by atoms with Crippen molar-refractivity contribution in [2.75, 3.05) is 12.9 Å². The quantitative estimate of drug-likeness (QED) is 0.341. The number of ether oxygens (including phenoxy) is 1. The topological polar surface area (TPSA) is 61.2 Å². The van der Waals surface area contributed by atoms with Crippen molar-refractivity contribution in [1.29, 1.82) is 0 Å². The van der Waals surface area contributed by atoms with Crippen LogP contribution in [0.2, 0.25) is 0 Å². The standard InChI is InChI=1S/C22H24N2O3S/c1-15(2)14-28-22-23-19-13-17(21(26)27-3)9-10-18(19)20(25)24(22)12-11-16-7-5-4-6-8-16/h4-10,13,15H,11-12,14H2,1-3H3. The van der Waals surface area contributed by atoms with Crippen molar-refractivity contribution in [3.63, 3.8) is 0 Å². The molecule has 0 fully saturated rings. The molecule has 2 aromatic carbocycles. The molecule has 146 valence electrons. The molecule has 3 aromatic rings. The highest BCUT2D eigenvalue weighted by Crippen LogP contribution is 2.21. The summed E-state index contributed by atoms with van der Waals surface area (Å²) in [5.74, 6) is 0.898. The molecule has 0 aliphatic rings. The second kappa shape index (κ2) is 9.06. The predicted molar refractivity (Wildman–Crippen MR) is 113 cm³/mol. The summed E-state index contributed by atoms with van der Waals surface area (Å²) in [6.07, 6.45) is 0.753. The molecular formula is C22H24N2O3S. The molecule has 0 atom stereocenters. The van der Waals surface area contributed by atoms with E-state index >= 15 is 0 Å². The lowest BCUT2D eigenvalue weighted by Gasteiger charge is -2.14. The molecule has 3 rings (SSSR count). The molecule has 0 aliphatic heterocycles. The molecule has 0 bridgehead atoms. The van der Waals surface area contributed by atoms with Crippen LogP contribution in [0.5, 0.6) is 0 Å². The van der Waals surface area contributed by atoms with E-state index in [4.69, 9.17) is 9.72 Å². The Morgan fingerprint density at radius 2 is 1.93 bits per heavy atom. The number of carbonyl (C=O) groups is 1. The van der Waals surface area contributed by atoms with E-state index < -0.39 is 5.97 Å². The summed E-state index contributed by atoms with van der Waals surface area (Å²) in [6.45, 7) is 4.83. The van der Waals surface area contributed by atoms with E-state index in [2.05, 4.69) is 26.0 Å². The molecule has 5 nitrogen and oxygen atoms in total. The molecule has 0 spiro atoms. The molecule has 0 saturated carbocycles. The number of hydrogen-bond donors (Lipinski definition) is 0. The average Bonchev–Trinajstić information content (AvgIpc) is 2.71. The van der Waals surface area contributed by atoms with Gasteiger partial charge in [-0.05, 0) is 36.1 Å². The van der Waals surface area contributed by atoms with Crippen molar-refractivity contribution in [2.24, 2.45) is 5.92 Å². The van der Waals surface area contributed by atoms with E-state index in [1.165, 1.54) is 12.7 Å². The molecule has 0 unspecified atom stereocenters. The highest BCUT2D eigenvalue weighted by molar-refractivity contribution is 7.99. The minimum absolute atomic E-state index is 0.0800. The Labute approximate surface area is 168 Å². The lowest BCUT2D eigenvalue weighted by molar-refractivity contribution is 0.0601. The predicted octanol–water partition coefficient (Wildman–Crippen LogP) is 4.17. The van der Waals surface area contributed by atoms with E-state index in [0.29, 0.717) is 34.1 Å². The first-order valence-corrected chi connectivity index (χ1v) is 10.3. The number of benzene rings is 2. The first-order valence-electron chi connectivity index (χ1n) is 9.29. The zero-order valence-electron chi connectivity index (χ0n) is 16.3. The van der Waals surface area contributed by atoms with Crippen molar-refractivity contribution in [1.82, 2.24) is 9.55 Å². The van der Waals surface area contributed by atoms with E-state index in [0.717, 1.165) is 12.2 Å². The van der Waals surface area contributed by atoms with Gasteiger partial charge in [0.15, 0.2) is 5.16 Å². The molecule has 6 heteroatoms. The number of hydrogen-bond acceptors (Lipinski definition) is 5. The highest BCUT2D eigenvalue weighted by atomic mass is 32.2. The van der Waals surface area contributed by atoms with Crippen molar-refractivity contribution < 1.29 is 9.53 Å². The smallest absolute Gasteiger partial charge is 0.337 e. The van der Waals surface area contributed by atoms with Gasteiger partial charge in [-0.15, -0.1) is 0 Å². The Bertz CT molecular complexity index is 1030. The molecule has 28 heavy (non-hydrogen) atoms. The van der Waals surface area contributed by atoms with Crippen LogP contribution in [0, 0.1) is 5.92 Å². The monoisotopic (exact) mass is 396 g/mol. The van der Waals surface area contributed by atoms with Gasteiger partial charge in [-0.1, -0.05) is 55.9 Å². The van der Waals surface area contributed by atoms with Gasteiger partial charge in [0.25, 0.3) is 5.56 Å². The number of rotatable bonds is 7.